The Bertz CT molecular complexity index is 814. The first-order valence-corrected chi connectivity index (χ1v) is 8.09. The van der Waals surface area contributed by atoms with E-state index in [9.17, 15) is 23.7 Å². The predicted octanol–water partition coefficient (Wildman–Crippen LogP) is 5.21. The van der Waals surface area contributed by atoms with Gasteiger partial charge in [-0.3, -0.25) is 14.9 Å². The molecule has 130 valence electrons. The van der Waals surface area contributed by atoms with Crippen LogP contribution in [0, 0.1) is 10.1 Å². The fraction of sp³-hybridized carbons (Fsp3) is 0.0625. The Labute approximate surface area is 150 Å². The predicted molar refractivity (Wildman–Crippen MR) is 94.1 cm³/mol. The van der Waals surface area contributed by atoms with Gasteiger partial charge in [-0.05, 0) is 42.0 Å². The van der Waals surface area contributed by atoms with Crippen LogP contribution in [0.3, 0.4) is 0 Å². The molecule has 0 radical (unpaired) electrons. The monoisotopic (exact) mass is 384 g/mol. The summed E-state index contributed by atoms with van der Waals surface area (Å²) in [4.78, 5) is 22.4. The number of alkyl halides is 2. The lowest BCUT2D eigenvalue weighted by atomic mass is 10.2. The molecule has 0 aliphatic carbocycles. The van der Waals surface area contributed by atoms with Crippen LogP contribution in [-0.2, 0) is 4.79 Å². The minimum Gasteiger partial charge on any atom is -0.323 e. The molecule has 0 spiro atoms. The number of nitro benzene ring substituents is 1. The minimum absolute atomic E-state index is 0.00774. The van der Waals surface area contributed by atoms with Gasteiger partial charge in [0.1, 0.15) is 5.02 Å². The number of nitrogens with one attached hydrogen (secondary N) is 1. The van der Waals surface area contributed by atoms with Gasteiger partial charge in [-0.15, -0.1) is 0 Å². The molecule has 2 aromatic rings. The van der Waals surface area contributed by atoms with Crippen LogP contribution in [0.5, 0.6) is 0 Å². The molecule has 0 atom stereocenters. The van der Waals surface area contributed by atoms with Crippen LogP contribution in [0.4, 0.5) is 20.2 Å². The number of rotatable bonds is 6. The molecule has 5 nitrogen and oxygen atoms in total. The number of carbonyl (C=O) groups is 1. The molecule has 0 aliphatic rings. The molecule has 0 aromatic heterocycles. The molecule has 2 aromatic carbocycles. The van der Waals surface area contributed by atoms with Crippen LogP contribution in [0.25, 0.3) is 6.08 Å². The highest BCUT2D eigenvalue weighted by molar-refractivity contribution is 7.99. The molecule has 25 heavy (non-hydrogen) atoms. The standard InChI is InChI=1S/C16H11ClF2N2O3S/c17-13-7-1-10(9-14(13)21(23)24)2-8-15(22)20-11-3-5-12(6-4-11)25-16(18)19/h1-9,16H,(H,20,22)/b8-2+. The highest BCUT2D eigenvalue weighted by atomic mass is 35.5. The van der Waals surface area contributed by atoms with E-state index in [1.54, 1.807) is 0 Å². The highest BCUT2D eigenvalue weighted by Crippen LogP contribution is 2.27. The van der Waals surface area contributed by atoms with Crippen molar-refractivity contribution < 1.29 is 18.5 Å². The first-order valence-electron chi connectivity index (χ1n) is 6.83. The number of anilines is 1. The first kappa shape index (κ1) is 18.9. The highest BCUT2D eigenvalue weighted by Gasteiger charge is 2.11. The smallest absolute Gasteiger partial charge is 0.288 e. The molecular weight excluding hydrogens is 374 g/mol. The van der Waals surface area contributed by atoms with Crippen LogP contribution < -0.4 is 5.32 Å². The molecule has 1 N–H and O–H groups in total. The second-order valence-corrected chi connectivity index (χ2v) is 6.16. The summed E-state index contributed by atoms with van der Waals surface area (Å²) in [6, 6.07) is 10.1. The normalized spacial score (nSPS) is 11.0. The molecule has 0 bridgehead atoms. The zero-order valence-corrected chi connectivity index (χ0v) is 14.1. The maximum atomic E-state index is 12.2. The third-order valence-corrected chi connectivity index (χ3v) is 3.98. The quantitative estimate of drug-likeness (QED) is 0.321. The summed E-state index contributed by atoms with van der Waals surface area (Å²) < 4.78 is 24.5. The van der Waals surface area contributed by atoms with E-state index >= 15 is 0 Å². The molecule has 0 heterocycles. The number of nitro groups is 1. The third kappa shape index (κ3) is 5.84. The molecule has 2 rings (SSSR count). The zero-order valence-electron chi connectivity index (χ0n) is 12.5. The third-order valence-electron chi connectivity index (χ3n) is 2.94. The Balaban J connectivity index is 2.01. The van der Waals surface area contributed by atoms with Gasteiger partial charge < -0.3 is 5.32 Å². The van der Waals surface area contributed by atoms with Crippen LogP contribution in [0.2, 0.25) is 5.02 Å². The number of benzene rings is 2. The van der Waals surface area contributed by atoms with E-state index in [4.69, 9.17) is 11.6 Å². The Morgan fingerprint density at radius 1 is 1.24 bits per heavy atom. The Hall–Kier alpha value is -2.45. The van der Waals surface area contributed by atoms with Gasteiger partial charge in [0.05, 0.1) is 4.92 Å². The summed E-state index contributed by atoms with van der Waals surface area (Å²) in [6.07, 6.45) is 2.61. The van der Waals surface area contributed by atoms with E-state index in [0.29, 0.717) is 27.9 Å². The molecule has 0 unspecified atom stereocenters. The van der Waals surface area contributed by atoms with Crippen LogP contribution >= 0.6 is 23.4 Å². The van der Waals surface area contributed by atoms with Gasteiger partial charge in [-0.1, -0.05) is 29.4 Å². The van der Waals surface area contributed by atoms with Gasteiger partial charge in [-0.25, -0.2) is 0 Å². The first-order chi connectivity index (χ1) is 11.8. The van der Waals surface area contributed by atoms with E-state index in [2.05, 4.69) is 5.32 Å². The van der Waals surface area contributed by atoms with Crippen molar-refractivity contribution in [1.82, 2.24) is 0 Å². The fourth-order valence-corrected chi connectivity index (χ4v) is 2.53. The lowest BCUT2D eigenvalue weighted by molar-refractivity contribution is -0.384. The van der Waals surface area contributed by atoms with Crippen molar-refractivity contribution in [3.05, 3.63) is 69.2 Å². The van der Waals surface area contributed by atoms with Gasteiger partial charge in [0.15, 0.2) is 0 Å². The van der Waals surface area contributed by atoms with Crippen molar-refractivity contribution in [3.8, 4) is 0 Å². The SMILES string of the molecule is O=C(/C=C/c1ccc(Cl)c([N+](=O)[O-])c1)Nc1ccc(SC(F)F)cc1. The Morgan fingerprint density at radius 2 is 1.92 bits per heavy atom. The molecular formula is C16H11ClF2N2O3S. The lowest BCUT2D eigenvalue weighted by Gasteiger charge is -2.04. The number of carbonyl (C=O) groups excluding carboxylic acids is 1. The average molecular weight is 385 g/mol. The molecule has 0 aliphatic heterocycles. The van der Waals surface area contributed by atoms with Crippen LogP contribution in [-0.4, -0.2) is 16.6 Å². The summed E-state index contributed by atoms with van der Waals surface area (Å²) in [7, 11) is 0. The summed E-state index contributed by atoms with van der Waals surface area (Å²) in [6.45, 7) is 0. The van der Waals surface area contributed by atoms with Crippen molar-refractivity contribution in [2.75, 3.05) is 5.32 Å². The fourth-order valence-electron chi connectivity index (χ4n) is 1.85. The van der Waals surface area contributed by atoms with Crippen molar-refractivity contribution in [2.45, 2.75) is 10.7 Å². The number of hydrogen-bond donors (Lipinski definition) is 1. The molecule has 1 amide bonds. The molecule has 0 saturated carbocycles. The van der Waals surface area contributed by atoms with E-state index in [-0.39, 0.29) is 10.7 Å². The largest absolute Gasteiger partial charge is 0.323 e. The molecule has 9 heteroatoms. The Kier molecular flexibility index (Phi) is 6.49. The Morgan fingerprint density at radius 3 is 2.52 bits per heavy atom. The van der Waals surface area contributed by atoms with Gasteiger partial charge in [0, 0.05) is 22.7 Å². The number of nitrogens with zero attached hydrogens (tertiary/aromatic N) is 1. The van der Waals surface area contributed by atoms with E-state index in [1.807, 2.05) is 0 Å². The maximum absolute atomic E-state index is 12.2. The number of halogens is 3. The second kappa shape index (κ2) is 8.59. The van der Waals surface area contributed by atoms with Gasteiger partial charge in [-0.2, -0.15) is 8.78 Å². The lowest BCUT2D eigenvalue weighted by Crippen LogP contribution is -2.07. The minimum atomic E-state index is -2.51. The van der Waals surface area contributed by atoms with Crippen LogP contribution in [0.1, 0.15) is 5.56 Å². The van der Waals surface area contributed by atoms with Gasteiger partial charge in [0.2, 0.25) is 5.91 Å². The second-order valence-electron chi connectivity index (χ2n) is 4.69. The van der Waals surface area contributed by atoms with Gasteiger partial charge in [0.25, 0.3) is 11.4 Å². The number of hydrogen-bond acceptors (Lipinski definition) is 4. The van der Waals surface area contributed by atoms with E-state index in [1.165, 1.54) is 54.6 Å². The van der Waals surface area contributed by atoms with Crippen molar-refractivity contribution in [2.24, 2.45) is 0 Å². The summed E-state index contributed by atoms with van der Waals surface area (Å²) >= 11 is 6.12. The summed E-state index contributed by atoms with van der Waals surface area (Å²) in [5.74, 6) is -2.97. The van der Waals surface area contributed by atoms with E-state index in [0.717, 1.165) is 0 Å². The zero-order chi connectivity index (χ0) is 18.4. The molecule has 0 fully saturated rings. The number of amides is 1. The average Bonchev–Trinajstić information content (AvgIpc) is 2.55. The van der Waals surface area contributed by atoms with Gasteiger partial charge >= 0.3 is 0 Å². The number of thioether (sulfide) groups is 1. The van der Waals surface area contributed by atoms with E-state index < -0.39 is 16.6 Å². The molecule has 0 saturated heterocycles. The topological polar surface area (TPSA) is 72.2 Å². The van der Waals surface area contributed by atoms with Crippen molar-refractivity contribution in [3.63, 3.8) is 0 Å². The summed E-state index contributed by atoms with van der Waals surface area (Å²) in [5, 5.41) is 13.4. The maximum Gasteiger partial charge on any atom is 0.288 e. The van der Waals surface area contributed by atoms with Crippen molar-refractivity contribution in [1.29, 1.82) is 0 Å². The van der Waals surface area contributed by atoms with Crippen LogP contribution in [0.15, 0.2) is 53.4 Å². The summed E-state index contributed by atoms with van der Waals surface area (Å²) in [5.41, 5.74) is 0.627. The van der Waals surface area contributed by atoms with Crippen molar-refractivity contribution >= 4 is 46.7 Å².